The van der Waals surface area contributed by atoms with Gasteiger partial charge in [-0.05, 0) is 85.9 Å². The lowest BCUT2D eigenvalue weighted by atomic mass is 9.36. The molecule has 324 valence electrons. The Balaban J connectivity index is 3.63. The van der Waals surface area contributed by atoms with Crippen LogP contribution in [-0.2, 0) is 0 Å². The Kier molecular flexibility index (Phi) is 31.2. The zero-order valence-corrected chi connectivity index (χ0v) is 35.3. The standard InChI is InChI=1S/C46H92O8/c47-35-27-43(28-36-48)25-23-21-19-17-15-13-11-9-7-5-3-1-2-4-6-8-10-12-14-16-18-20-22-24-26-44(29-37-49,30-38-50)46(33-41-53,34-42-54)45(43,31-39-51)32-40-52/h47-54H,1-42H2. The smallest absolute Gasteiger partial charge is 0.0436 e. The van der Waals surface area contributed by atoms with E-state index in [9.17, 15) is 40.9 Å². The van der Waals surface area contributed by atoms with E-state index in [0.717, 1.165) is 38.5 Å². The van der Waals surface area contributed by atoms with Crippen LogP contribution in [0.15, 0.2) is 0 Å². The van der Waals surface area contributed by atoms with Crippen LogP contribution >= 0.6 is 0 Å². The Hall–Kier alpha value is -0.320. The van der Waals surface area contributed by atoms with Crippen LogP contribution in [0.2, 0.25) is 0 Å². The third-order valence-corrected chi connectivity index (χ3v) is 14.5. The van der Waals surface area contributed by atoms with Gasteiger partial charge in [-0.3, -0.25) is 0 Å². The molecule has 0 heterocycles. The zero-order valence-electron chi connectivity index (χ0n) is 35.3. The molecule has 0 spiro atoms. The predicted molar refractivity (Wildman–Crippen MR) is 223 cm³/mol. The summed E-state index contributed by atoms with van der Waals surface area (Å²) in [6, 6.07) is 0. The number of rotatable bonds is 16. The van der Waals surface area contributed by atoms with Gasteiger partial charge in [0.2, 0.25) is 0 Å². The average Bonchev–Trinajstić information content (AvgIpc) is 3.15. The van der Waals surface area contributed by atoms with Crippen molar-refractivity contribution in [2.45, 2.75) is 218 Å². The maximum atomic E-state index is 11.0. The first kappa shape index (κ1) is 51.7. The van der Waals surface area contributed by atoms with Crippen molar-refractivity contribution >= 4 is 0 Å². The Morgan fingerprint density at radius 1 is 0.204 bits per heavy atom. The van der Waals surface area contributed by atoms with Crippen molar-refractivity contribution in [2.24, 2.45) is 21.7 Å². The van der Waals surface area contributed by atoms with Gasteiger partial charge in [-0.1, -0.05) is 154 Å². The number of hydrogen-bond donors (Lipinski definition) is 8. The molecular weight excluding hydrogens is 680 g/mol. The van der Waals surface area contributed by atoms with Crippen molar-refractivity contribution in [1.29, 1.82) is 0 Å². The van der Waals surface area contributed by atoms with Gasteiger partial charge in [0.15, 0.2) is 0 Å². The van der Waals surface area contributed by atoms with Gasteiger partial charge in [-0.25, -0.2) is 0 Å². The van der Waals surface area contributed by atoms with Gasteiger partial charge in [0, 0.05) is 52.9 Å². The van der Waals surface area contributed by atoms with E-state index in [4.69, 9.17) is 0 Å². The molecule has 8 heteroatoms. The lowest BCUT2D eigenvalue weighted by Crippen LogP contribution is -2.63. The van der Waals surface area contributed by atoms with Gasteiger partial charge < -0.3 is 40.9 Å². The van der Waals surface area contributed by atoms with Crippen LogP contribution in [0, 0.1) is 21.7 Å². The van der Waals surface area contributed by atoms with E-state index in [1.54, 1.807) is 0 Å². The lowest BCUT2D eigenvalue weighted by Gasteiger charge is -2.68. The lowest BCUT2D eigenvalue weighted by molar-refractivity contribution is -0.220. The SMILES string of the molecule is OCCC1(CCO)CCCCCCCCCCCCCCCCCCCCCCCCCCC(CCO)(CCO)C(CCO)(CCO)C1(CCO)CCO. The van der Waals surface area contributed by atoms with Crippen LogP contribution in [-0.4, -0.2) is 93.7 Å². The van der Waals surface area contributed by atoms with E-state index in [2.05, 4.69) is 0 Å². The highest BCUT2D eigenvalue weighted by molar-refractivity contribution is 5.14. The summed E-state index contributed by atoms with van der Waals surface area (Å²) in [7, 11) is 0. The average molecular weight is 773 g/mol. The van der Waals surface area contributed by atoms with Crippen molar-refractivity contribution < 1.29 is 40.9 Å². The quantitative estimate of drug-likeness (QED) is 0.0771. The summed E-state index contributed by atoms with van der Waals surface area (Å²) in [5.41, 5.74) is -3.26. The molecule has 1 aliphatic rings. The minimum atomic E-state index is -0.911. The molecule has 0 aromatic heterocycles. The van der Waals surface area contributed by atoms with Gasteiger partial charge in [0.25, 0.3) is 0 Å². The Morgan fingerprint density at radius 3 is 0.500 bits per heavy atom. The van der Waals surface area contributed by atoms with Gasteiger partial charge >= 0.3 is 0 Å². The van der Waals surface area contributed by atoms with Crippen molar-refractivity contribution in [3.05, 3.63) is 0 Å². The third kappa shape index (κ3) is 16.5. The van der Waals surface area contributed by atoms with Crippen LogP contribution in [0.25, 0.3) is 0 Å². The molecule has 1 aliphatic carbocycles. The van der Waals surface area contributed by atoms with Gasteiger partial charge in [0.05, 0.1) is 0 Å². The summed E-state index contributed by atoms with van der Waals surface area (Å²) in [6.45, 7) is -1.26. The molecule has 0 atom stereocenters. The highest BCUT2D eigenvalue weighted by Gasteiger charge is 2.66. The highest BCUT2D eigenvalue weighted by atomic mass is 16.3. The number of aliphatic hydroxyl groups is 8. The molecule has 0 unspecified atom stereocenters. The van der Waals surface area contributed by atoms with Crippen molar-refractivity contribution in [2.75, 3.05) is 52.9 Å². The van der Waals surface area contributed by atoms with E-state index >= 15 is 0 Å². The summed E-state index contributed by atoms with van der Waals surface area (Å²) in [5.74, 6) is 0. The monoisotopic (exact) mass is 773 g/mol. The van der Waals surface area contributed by atoms with Crippen LogP contribution in [0.3, 0.4) is 0 Å². The summed E-state index contributed by atoms with van der Waals surface area (Å²) >= 11 is 0. The van der Waals surface area contributed by atoms with E-state index in [1.165, 1.54) is 116 Å². The van der Waals surface area contributed by atoms with Gasteiger partial charge in [0.1, 0.15) is 0 Å². The molecule has 0 aromatic carbocycles. The number of hydrogen-bond acceptors (Lipinski definition) is 8. The van der Waals surface area contributed by atoms with E-state index < -0.39 is 21.7 Å². The van der Waals surface area contributed by atoms with E-state index in [-0.39, 0.29) is 78.5 Å². The van der Waals surface area contributed by atoms with Crippen LogP contribution in [0.4, 0.5) is 0 Å². The second-order valence-electron chi connectivity index (χ2n) is 17.5. The molecule has 0 aromatic rings. The maximum Gasteiger partial charge on any atom is 0.0436 e. The molecule has 0 radical (unpaired) electrons. The Morgan fingerprint density at radius 2 is 0.352 bits per heavy atom. The minimum absolute atomic E-state index is 0.125. The first-order valence-electron chi connectivity index (χ1n) is 23.3. The maximum absolute atomic E-state index is 11.0. The highest BCUT2D eigenvalue weighted by Crippen LogP contribution is 2.71. The van der Waals surface area contributed by atoms with Crippen LogP contribution in [0.1, 0.15) is 218 Å². The molecule has 1 rings (SSSR count). The summed E-state index contributed by atoms with van der Waals surface area (Å²) < 4.78 is 0. The van der Waals surface area contributed by atoms with E-state index in [1.807, 2.05) is 0 Å². The van der Waals surface area contributed by atoms with Crippen molar-refractivity contribution in [3.8, 4) is 0 Å². The Bertz CT molecular complexity index is 733. The molecule has 8 nitrogen and oxygen atoms in total. The largest absolute Gasteiger partial charge is 0.396 e. The molecule has 0 bridgehead atoms. The zero-order chi connectivity index (χ0) is 39.7. The van der Waals surface area contributed by atoms with Crippen molar-refractivity contribution in [3.63, 3.8) is 0 Å². The fourth-order valence-corrected chi connectivity index (χ4v) is 11.9. The third-order valence-electron chi connectivity index (χ3n) is 14.5. The summed E-state index contributed by atoms with van der Waals surface area (Å²) in [5, 5.41) is 87.0. The Labute approximate surface area is 333 Å². The molecular formula is C46H92O8. The fourth-order valence-electron chi connectivity index (χ4n) is 11.9. The van der Waals surface area contributed by atoms with Crippen LogP contribution in [0.5, 0.6) is 0 Å². The van der Waals surface area contributed by atoms with Crippen LogP contribution < -0.4 is 0 Å². The summed E-state index contributed by atoms with van der Waals surface area (Å²) in [6.07, 6.45) is 33.6. The number of aliphatic hydroxyl groups excluding tert-OH is 8. The second kappa shape index (κ2) is 32.6. The van der Waals surface area contributed by atoms with Crippen molar-refractivity contribution in [1.82, 2.24) is 0 Å². The van der Waals surface area contributed by atoms with E-state index in [0.29, 0.717) is 38.5 Å². The predicted octanol–water partition coefficient (Wildman–Crippen LogP) is 9.15. The molecule has 0 amide bonds. The topological polar surface area (TPSA) is 162 Å². The molecule has 0 aliphatic heterocycles. The molecule has 1 saturated carbocycles. The minimum Gasteiger partial charge on any atom is -0.396 e. The summed E-state index contributed by atoms with van der Waals surface area (Å²) in [4.78, 5) is 0. The first-order chi connectivity index (χ1) is 26.4. The fraction of sp³-hybridized carbons (Fsp3) is 1.00. The molecule has 54 heavy (non-hydrogen) atoms. The normalized spacial score (nSPS) is 22.7. The van der Waals surface area contributed by atoms with Gasteiger partial charge in [-0.2, -0.15) is 0 Å². The molecule has 0 saturated heterocycles. The first-order valence-corrected chi connectivity index (χ1v) is 23.3. The molecule has 8 N–H and O–H groups in total. The van der Waals surface area contributed by atoms with Gasteiger partial charge in [-0.15, -0.1) is 0 Å². The second-order valence-corrected chi connectivity index (χ2v) is 17.5. The molecule has 1 fully saturated rings.